The Morgan fingerprint density at radius 3 is 2.69 bits per heavy atom. The van der Waals surface area contributed by atoms with Crippen molar-refractivity contribution in [2.24, 2.45) is 0 Å². The molecule has 8 nitrogen and oxygen atoms in total. The first-order valence-corrected chi connectivity index (χ1v) is 10.4. The number of hydrogen-bond donors (Lipinski definition) is 2. The maximum absolute atomic E-state index is 13.4. The number of aromatic nitrogens is 1. The van der Waals surface area contributed by atoms with Gasteiger partial charge >= 0.3 is 16.2 Å². The molecule has 10 heteroatoms. The molecule has 158 valence electrons. The summed E-state index contributed by atoms with van der Waals surface area (Å²) in [5.41, 5.74) is 2.03. The molecule has 1 saturated heterocycles. The van der Waals surface area contributed by atoms with Gasteiger partial charge in [0.15, 0.2) is 0 Å². The molecule has 1 aliphatic heterocycles. The second-order valence-electron chi connectivity index (χ2n) is 6.91. The van der Waals surface area contributed by atoms with Crippen LogP contribution in [0.5, 0.6) is 0 Å². The monoisotopic (exact) mass is 440 g/mol. The number of pyridine rings is 1. The zero-order valence-electron chi connectivity index (χ0n) is 16.3. The Morgan fingerprint density at radius 1 is 1.34 bits per heavy atom. The van der Waals surface area contributed by atoms with E-state index in [1.807, 2.05) is 32.0 Å². The predicted molar refractivity (Wildman–Crippen MR) is 114 cm³/mol. The fourth-order valence-corrected chi connectivity index (χ4v) is 4.81. The fourth-order valence-electron chi connectivity index (χ4n) is 3.13. The normalized spacial score (nSPS) is 17.4. The summed E-state index contributed by atoms with van der Waals surface area (Å²) in [6.07, 6.45) is 1.24. The molecule has 0 spiro atoms. The van der Waals surface area contributed by atoms with Gasteiger partial charge in [-0.15, -0.1) is 12.4 Å². The van der Waals surface area contributed by atoms with Gasteiger partial charge in [-0.1, -0.05) is 12.1 Å². The van der Waals surface area contributed by atoms with Crippen LogP contribution in [0.4, 0.5) is 5.69 Å². The zero-order chi connectivity index (χ0) is 20.3. The number of nitrogens with one attached hydrogen (secondary N) is 1. The molecule has 1 aromatic heterocycles. The van der Waals surface area contributed by atoms with Crippen LogP contribution in [0.1, 0.15) is 28.5 Å². The summed E-state index contributed by atoms with van der Waals surface area (Å²) in [6.45, 7) is 5.24. The van der Waals surface area contributed by atoms with E-state index in [-0.39, 0.29) is 30.6 Å². The first-order valence-electron chi connectivity index (χ1n) is 9.03. The van der Waals surface area contributed by atoms with Gasteiger partial charge in [0.25, 0.3) is 0 Å². The van der Waals surface area contributed by atoms with Gasteiger partial charge in [0, 0.05) is 31.9 Å². The van der Waals surface area contributed by atoms with Gasteiger partial charge in [-0.3, -0.25) is 9.29 Å². The molecule has 29 heavy (non-hydrogen) atoms. The Morgan fingerprint density at radius 2 is 2.10 bits per heavy atom. The van der Waals surface area contributed by atoms with Gasteiger partial charge in [-0.2, -0.15) is 12.7 Å². The molecule has 2 aromatic rings. The maximum atomic E-state index is 13.4. The zero-order valence-corrected chi connectivity index (χ0v) is 17.9. The van der Waals surface area contributed by atoms with Crippen LogP contribution in [0.25, 0.3) is 0 Å². The Hall–Kier alpha value is -2.20. The van der Waals surface area contributed by atoms with Crippen LogP contribution in [0.3, 0.4) is 0 Å². The van der Waals surface area contributed by atoms with Crippen LogP contribution >= 0.6 is 12.4 Å². The summed E-state index contributed by atoms with van der Waals surface area (Å²) in [4.78, 5) is 15.2. The van der Waals surface area contributed by atoms with Crippen LogP contribution in [-0.2, 0) is 16.8 Å². The lowest BCUT2D eigenvalue weighted by Crippen LogP contribution is -2.55. The molecular weight excluding hydrogens is 416 g/mol. The standard InChI is InChI=1S/C19H24N4O4S.ClH/c1-14-4-3-5-18(10-14)23(13-17-7-6-16(11-21-17)19(24)25)28(26,27)22-9-8-20-15(2)12-22;/h3-7,10-11,15,20H,8-9,12-13H2,1-2H3,(H,24,25);1H/t15-;/m1./s1. The van der Waals surface area contributed by atoms with Gasteiger partial charge in [-0.05, 0) is 43.7 Å². The number of piperazine rings is 1. The van der Waals surface area contributed by atoms with E-state index in [1.165, 1.54) is 20.9 Å². The number of carboxylic acid groups (broad SMARTS) is 1. The second kappa shape index (κ2) is 9.53. The van der Waals surface area contributed by atoms with Gasteiger partial charge < -0.3 is 10.4 Å². The summed E-state index contributed by atoms with van der Waals surface area (Å²) in [6, 6.07) is 10.3. The molecule has 0 unspecified atom stereocenters. The van der Waals surface area contributed by atoms with Crippen molar-refractivity contribution in [2.45, 2.75) is 26.4 Å². The van der Waals surface area contributed by atoms with E-state index >= 15 is 0 Å². The summed E-state index contributed by atoms with van der Waals surface area (Å²) >= 11 is 0. The van der Waals surface area contributed by atoms with Gasteiger partial charge in [0.2, 0.25) is 0 Å². The van der Waals surface area contributed by atoms with Crippen molar-refractivity contribution < 1.29 is 18.3 Å². The lowest BCUT2D eigenvalue weighted by Gasteiger charge is -2.35. The highest BCUT2D eigenvalue weighted by molar-refractivity contribution is 7.90. The topological polar surface area (TPSA) is 103 Å². The summed E-state index contributed by atoms with van der Waals surface area (Å²) in [5.74, 6) is -1.07. The van der Waals surface area contributed by atoms with Crippen molar-refractivity contribution in [3.05, 3.63) is 59.4 Å². The van der Waals surface area contributed by atoms with Crippen LogP contribution in [0.2, 0.25) is 0 Å². The molecule has 0 amide bonds. The number of benzene rings is 1. The average molecular weight is 441 g/mol. The third-order valence-electron chi connectivity index (χ3n) is 4.60. The molecule has 1 aliphatic rings. The number of hydrogen-bond acceptors (Lipinski definition) is 5. The van der Waals surface area contributed by atoms with E-state index in [0.717, 1.165) is 5.56 Å². The first kappa shape index (κ1) is 23.1. The smallest absolute Gasteiger partial charge is 0.337 e. The number of anilines is 1. The Labute approximate surface area is 177 Å². The molecule has 2 N–H and O–H groups in total. The summed E-state index contributed by atoms with van der Waals surface area (Å²) in [5, 5.41) is 12.3. The molecule has 0 radical (unpaired) electrons. The maximum Gasteiger partial charge on any atom is 0.337 e. The van der Waals surface area contributed by atoms with Crippen molar-refractivity contribution in [2.75, 3.05) is 23.9 Å². The number of carboxylic acids is 1. The van der Waals surface area contributed by atoms with Crippen LogP contribution in [0.15, 0.2) is 42.6 Å². The predicted octanol–water partition coefficient (Wildman–Crippen LogP) is 2.06. The van der Waals surface area contributed by atoms with Crippen molar-refractivity contribution in [1.29, 1.82) is 0 Å². The van der Waals surface area contributed by atoms with E-state index < -0.39 is 16.2 Å². The van der Waals surface area contributed by atoms with Gasteiger partial charge in [0.05, 0.1) is 23.5 Å². The second-order valence-corrected chi connectivity index (χ2v) is 8.76. The fraction of sp³-hybridized carbons (Fsp3) is 0.368. The molecular formula is C19H25ClN4O4S. The first-order chi connectivity index (χ1) is 13.3. The van der Waals surface area contributed by atoms with Gasteiger partial charge in [-0.25, -0.2) is 4.79 Å². The largest absolute Gasteiger partial charge is 0.478 e. The van der Waals surface area contributed by atoms with E-state index in [4.69, 9.17) is 5.11 Å². The van der Waals surface area contributed by atoms with Crippen LogP contribution in [0, 0.1) is 6.92 Å². The van der Waals surface area contributed by atoms with E-state index in [0.29, 0.717) is 31.0 Å². The minimum absolute atomic E-state index is 0. The van der Waals surface area contributed by atoms with E-state index in [2.05, 4.69) is 10.3 Å². The van der Waals surface area contributed by atoms with Crippen LogP contribution < -0.4 is 9.62 Å². The Kier molecular flexibility index (Phi) is 7.59. The molecule has 1 atom stereocenters. The number of aromatic carboxylic acids is 1. The van der Waals surface area contributed by atoms with Crippen LogP contribution in [-0.4, -0.2) is 54.5 Å². The lowest BCUT2D eigenvalue weighted by atomic mass is 10.2. The lowest BCUT2D eigenvalue weighted by molar-refractivity contribution is 0.0696. The highest BCUT2D eigenvalue weighted by Gasteiger charge is 2.33. The molecule has 1 fully saturated rings. The summed E-state index contributed by atoms with van der Waals surface area (Å²) < 4.78 is 29.7. The minimum Gasteiger partial charge on any atom is -0.478 e. The SMILES string of the molecule is Cc1cccc(N(Cc2ccc(C(=O)O)cn2)S(=O)(=O)N2CCN[C@H](C)C2)c1.Cl. The quantitative estimate of drug-likeness (QED) is 0.712. The third kappa shape index (κ3) is 5.45. The number of rotatable bonds is 6. The molecule has 3 rings (SSSR count). The molecule has 2 heterocycles. The van der Waals surface area contributed by atoms with Crippen molar-refractivity contribution >= 4 is 34.3 Å². The highest BCUT2D eigenvalue weighted by Crippen LogP contribution is 2.24. The number of halogens is 1. The van der Waals surface area contributed by atoms with Crippen molar-refractivity contribution in [3.63, 3.8) is 0 Å². The van der Waals surface area contributed by atoms with E-state index in [1.54, 1.807) is 12.1 Å². The van der Waals surface area contributed by atoms with Gasteiger partial charge in [0.1, 0.15) is 0 Å². The molecule has 0 aliphatic carbocycles. The Balaban J connectivity index is 0.00000300. The van der Waals surface area contributed by atoms with Crippen molar-refractivity contribution in [3.8, 4) is 0 Å². The third-order valence-corrected chi connectivity index (χ3v) is 6.48. The molecule has 1 aromatic carbocycles. The molecule has 0 bridgehead atoms. The summed E-state index contributed by atoms with van der Waals surface area (Å²) in [7, 11) is -3.78. The minimum atomic E-state index is -3.78. The number of nitrogens with zero attached hydrogens (tertiary/aromatic N) is 3. The average Bonchev–Trinajstić information content (AvgIpc) is 2.66. The highest BCUT2D eigenvalue weighted by atomic mass is 35.5. The van der Waals surface area contributed by atoms with E-state index in [9.17, 15) is 13.2 Å². The van der Waals surface area contributed by atoms with Crippen molar-refractivity contribution in [1.82, 2.24) is 14.6 Å². The number of aryl methyl sites for hydroxylation is 1. The Bertz CT molecular complexity index is 953. The number of carbonyl (C=O) groups is 1. The molecule has 0 saturated carbocycles.